The summed E-state index contributed by atoms with van der Waals surface area (Å²) in [5, 5.41) is 0. The highest BCUT2D eigenvalue weighted by atomic mass is 32.2. The Kier molecular flexibility index (Phi) is 3.77. The van der Waals surface area contributed by atoms with Gasteiger partial charge in [-0.25, -0.2) is 8.93 Å². The first-order valence-corrected chi connectivity index (χ1v) is 4.67. The molecule has 0 rings (SSSR count). The Labute approximate surface area is 71.4 Å². The van der Waals surface area contributed by atoms with Gasteiger partial charge in [-0.15, -0.1) is 6.42 Å². The van der Waals surface area contributed by atoms with Gasteiger partial charge in [0.15, 0.2) is 0 Å². The van der Waals surface area contributed by atoms with E-state index in [2.05, 4.69) is 10.6 Å². The predicted molar refractivity (Wildman–Crippen MR) is 49.3 cm³/mol. The molecule has 0 radical (unpaired) electrons. The number of hydrogen-bond donors (Lipinski definition) is 1. The van der Waals surface area contributed by atoms with Gasteiger partial charge in [-0.3, -0.25) is 0 Å². The van der Waals surface area contributed by atoms with Crippen LogP contribution in [0.2, 0.25) is 0 Å². The van der Waals surface area contributed by atoms with Gasteiger partial charge in [0.2, 0.25) is 0 Å². The largest absolute Gasteiger partial charge is 0.242 e. The van der Waals surface area contributed by atoms with Crippen molar-refractivity contribution in [3.8, 4) is 12.3 Å². The molecule has 64 valence electrons. The Bertz CT molecular complexity index is 187. The number of terminal acetylenes is 1. The van der Waals surface area contributed by atoms with E-state index in [1.807, 2.05) is 27.7 Å². The monoisotopic (exact) mass is 173 g/mol. The first-order valence-electron chi connectivity index (χ1n) is 3.52. The molecule has 2 nitrogen and oxygen atoms in total. The maximum atomic E-state index is 11.3. The van der Waals surface area contributed by atoms with E-state index in [4.69, 9.17) is 6.42 Å². The third kappa shape index (κ3) is 4.18. The molecule has 0 aromatic heterocycles. The highest BCUT2D eigenvalue weighted by molar-refractivity contribution is 7.84. The minimum absolute atomic E-state index is 0.130. The first kappa shape index (κ1) is 10.7. The summed E-state index contributed by atoms with van der Waals surface area (Å²) >= 11 is 0. The fraction of sp³-hybridized carbons (Fsp3) is 0.750. The fourth-order valence-electron chi connectivity index (χ4n) is 0.371. The van der Waals surface area contributed by atoms with Crippen LogP contribution in [0.5, 0.6) is 0 Å². The average Bonchev–Trinajstić information content (AvgIpc) is 1.85. The molecule has 0 saturated carbocycles. The Morgan fingerprint density at radius 2 is 2.00 bits per heavy atom. The van der Waals surface area contributed by atoms with Crippen LogP contribution in [-0.2, 0) is 11.0 Å². The van der Waals surface area contributed by atoms with Crippen LogP contribution in [0.15, 0.2) is 0 Å². The summed E-state index contributed by atoms with van der Waals surface area (Å²) < 4.78 is 13.9. The molecule has 0 spiro atoms. The van der Waals surface area contributed by atoms with Crippen LogP contribution in [0.25, 0.3) is 0 Å². The van der Waals surface area contributed by atoms with Crippen molar-refractivity contribution in [1.29, 1.82) is 0 Å². The predicted octanol–water partition coefficient (Wildman–Crippen LogP) is 1.06. The van der Waals surface area contributed by atoms with Crippen molar-refractivity contribution < 1.29 is 4.21 Å². The molecule has 0 aromatic rings. The lowest BCUT2D eigenvalue weighted by molar-refractivity contribution is 0.630. The Hall–Kier alpha value is -0.330. The Morgan fingerprint density at radius 3 is 2.27 bits per heavy atom. The first-order chi connectivity index (χ1) is 4.88. The van der Waals surface area contributed by atoms with Gasteiger partial charge in [0, 0.05) is 0 Å². The van der Waals surface area contributed by atoms with Crippen molar-refractivity contribution in [3.63, 3.8) is 0 Å². The lowest BCUT2D eigenvalue weighted by Crippen LogP contribution is -2.37. The minimum Gasteiger partial charge on any atom is -0.242 e. The molecular formula is C8H15NOS. The molecule has 0 fully saturated rings. The average molecular weight is 173 g/mol. The van der Waals surface area contributed by atoms with Crippen molar-refractivity contribution in [3.05, 3.63) is 0 Å². The standard InChI is InChI=1S/C8H15NOS/c1-6-7(2)9-11(10)8(3,4)5/h1,7,9H,2-5H3. The Morgan fingerprint density at radius 1 is 1.55 bits per heavy atom. The third-order valence-electron chi connectivity index (χ3n) is 1.09. The van der Waals surface area contributed by atoms with Crippen LogP contribution in [0, 0.1) is 12.3 Å². The van der Waals surface area contributed by atoms with Gasteiger partial charge in [-0.1, -0.05) is 5.92 Å². The summed E-state index contributed by atoms with van der Waals surface area (Å²) in [7, 11) is -1.06. The normalized spacial score (nSPS) is 17.0. The quantitative estimate of drug-likeness (QED) is 0.622. The topological polar surface area (TPSA) is 29.1 Å². The van der Waals surface area contributed by atoms with Crippen LogP contribution >= 0.6 is 0 Å². The fourth-order valence-corrected chi connectivity index (χ4v) is 1.11. The second-order valence-corrected chi connectivity index (χ2v) is 5.39. The van der Waals surface area contributed by atoms with Crippen LogP contribution < -0.4 is 4.72 Å². The van der Waals surface area contributed by atoms with Gasteiger partial charge in [0.25, 0.3) is 0 Å². The van der Waals surface area contributed by atoms with Crippen molar-refractivity contribution >= 4 is 11.0 Å². The van der Waals surface area contributed by atoms with E-state index in [1.54, 1.807) is 0 Å². The Balaban J connectivity index is 4.01. The van der Waals surface area contributed by atoms with Gasteiger partial charge in [0.1, 0.15) is 0 Å². The lowest BCUT2D eigenvalue weighted by Gasteiger charge is -2.19. The van der Waals surface area contributed by atoms with Gasteiger partial charge in [-0.2, -0.15) is 0 Å². The molecule has 0 aromatic carbocycles. The number of rotatable bonds is 2. The summed E-state index contributed by atoms with van der Waals surface area (Å²) in [5.41, 5.74) is 0. The van der Waals surface area contributed by atoms with Crippen molar-refractivity contribution in [2.75, 3.05) is 0 Å². The zero-order valence-corrected chi connectivity index (χ0v) is 8.29. The molecule has 0 aliphatic rings. The van der Waals surface area contributed by atoms with Crippen LogP contribution in [-0.4, -0.2) is 15.0 Å². The van der Waals surface area contributed by atoms with E-state index in [0.717, 1.165) is 0 Å². The van der Waals surface area contributed by atoms with E-state index < -0.39 is 11.0 Å². The molecule has 0 aliphatic heterocycles. The van der Waals surface area contributed by atoms with Gasteiger partial charge >= 0.3 is 0 Å². The van der Waals surface area contributed by atoms with Crippen LogP contribution in [0.1, 0.15) is 27.7 Å². The zero-order chi connectivity index (χ0) is 9.07. The molecule has 3 heteroatoms. The highest BCUT2D eigenvalue weighted by Gasteiger charge is 2.20. The molecule has 11 heavy (non-hydrogen) atoms. The molecule has 2 unspecified atom stereocenters. The van der Waals surface area contributed by atoms with Crippen LogP contribution in [0.3, 0.4) is 0 Å². The van der Waals surface area contributed by atoms with Crippen molar-refractivity contribution in [1.82, 2.24) is 4.72 Å². The molecule has 2 atom stereocenters. The molecule has 0 bridgehead atoms. The molecular weight excluding hydrogens is 158 g/mol. The van der Waals surface area contributed by atoms with Gasteiger partial charge < -0.3 is 0 Å². The van der Waals surface area contributed by atoms with E-state index in [1.165, 1.54) is 0 Å². The van der Waals surface area contributed by atoms with E-state index in [9.17, 15) is 4.21 Å². The van der Waals surface area contributed by atoms with Gasteiger partial charge in [0.05, 0.1) is 21.8 Å². The van der Waals surface area contributed by atoms with E-state index in [0.29, 0.717) is 0 Å². The molecule has 1 N–H and O–H groups in total. The number of hydrogen-bond acceptors (Lipinski definition) is 1. The van der Waals surface area contributed by atoms with Crippen molar-refractivity contribution in [2.45, 2.75) is 38.5 Å². The SMILES string of the molecule is C#CC(C)NS(=O)C(C)(C)C. The van der Waals surface area contributed by atoms with E-state index in [-0.39, 0.29) is 10.8 Å². The summed E-state index contributed by atoms with van der Waals surface area (Å²) in [4.78, 5) is 0. The van der Waals surface area contributed by atoms with Gasteiger partial charge in [-0.05, 0) is 27.7 Å². The lowest BCUT2D eigenvalue weighted by atomic mass is 10.3. The zero-order valence-electron chi connectivity index (χ0n) is 7.47. The number of nitrogens with one attached hydrogen (secondary N) is 1. The summed E-state index contributed by atoms with van der Waals surface area (Å²) in [6, 6.07) is -0.130. The molecule has 0 aliphatic carbocycles. The smallest absolute Gasteiger partial charge is 0.0981 e. The second kappa shape index (κ2) is 3.89. The second-order valence-electron chi connectivity index (χ2n) is 3.39. The maximum Gasteiger partial charge on any atom is 0.0981 e. The maximum absolute atomic E-state index is 11.3. The molecule has 0 amide bonds. The summed E-state index contributed by atoms with van der Waals surface area (Å²) in [6.07, 6.45) is 5.12. The highest BCUT2D eigenvalue weighted by Crippen LogP contribution is 2.08. The summed E-state index contributed by atoms with van der Waals surface area (Å²) in [6.45, 7) is 7.52. The van der Waals surface area contributed by atoms with Crippen LogP contribution in [0.4, 0.5) is 0 Å². The molecule has 0 saturated heterocycles. The van der Waals surface area contributed by atoms with Crippen molar-refractivity contribution in [2.24, 2.45) is 0 Å². The van der Waals surface area contributed by atoms with E-state index >= 15 is 0 Å². The molecule has 0 heterocycles. The third-order valence-corrected chi connectivity index (χ3v) is 2.77. The summed E-state index contributed by atoms with van der Waals surface area (Å²) in [5.74, 6) is 2.46. The minimum atomic E-state index is -1.06.